The van der Waals surface area contributed by atoms with Crippen molar-refractivity contribution in [3.8, 4) is 5.75 Å². The molecular formula is C40H53ClN2O5S. The summed E-state index contributed by atoms with van der Waals surface area (Å²) in [5.74, 6) is 0.737. The van der Waals surface area contributed by atoms with E-state index in [1.807, 2.05) is 25.1 Å². The van der Waals surface area contributed by atoms with Gasteiger partial charge >= 0.3 is 0 Å². The molecule has 2 fully saturated rings. The molecule has 9 heteroatoms. The molecule has 1 aliphatic heterocycles. The van der Waals surface area contributed by atoms with E-state index in [9.17, 15) is 18.3 Å². The summed E-state index contributed by atoms with van der Waals surface area (Å²) in [4.78, 5) is 16.1. The summed E-state index contributed by atoms with van der Waals surface area (Å²) in [5.41, 5.74) is 3.31. The van der Waals surface area contributed by atoms with Crippen molar-refractivity contribution in [1.29, 1.82) is 0 Å². The molecule has 2 N–H and O–H groups in total. The Balaban J connectivity index is 1.30. The molecule has 3 aliphatic carbocycles. The van der Waals surface area contributed by atoms with Gasteiger partial charge in [0.25, 0.3) is 5.91 Å². The number of rotatable bonds is 14. The fourth-order valence-electron chi connectivity index (χ4n) is 8.38. The quantitative estimate of drug-likeness (QED) is 0.193. The lowest BCUT2D eigenvalue weighted by atomic mass is 9.68. The summed E-state index contributed by atoms with van der Waals surface area (Å²) in [6.45, 7) is 9.75. The minimum absolute atomic E-state index is 0.147. The Kier molecular flexibility index (Phi) is 11.2. The summed E-state index contributed by atoms with van der Waals surface area (Å²) in [5, 5.41) is 11.2. The number of fused-ring (bicyclic) bond motifs is 3. The number of anilines is 1. The van der Waals surface area contributed by atoms with Crippen LogP contribution in [0.15, 0.2) is 61.2 Å². The van der Waals surface area contributed by atoms with E-state index in [1.54, 1.807) is 18.2 Å². The van der Waals surface area contributed by atoms with Gasteiger partial charge < -0.3 is 14.7 Å². The van der Waals surface area contributed by atoms with Gasteiger partial charge in [0.05, 0.1) is 23.6 Å². The predicted molar refractivity (Wildman–Crippen MR) is 198 cm³/mol. The van der Waals surface area contributed by atoms with Crippen molar-refractivity contribution < 1.29 is 23.1 Å². The molecule has 6 rings (SSSR count). The van der Waals surface area contributed by atoms with Gasteiger partial charge in [-0.3, -0.25) is 4.79 Å². The fraction of sp³-hybridized carbons (Fsp3) is 0.575. The van der Waals surface area contributed by atoms with E-state index < -0.39 is 27.3 Å². The Hall–Kier alpha value is -2.81. The second kappa shape index (κ2) is 15.2. The van der Waals surface area contributed by atoms with Crippen LogP contribution in [0.2, 0.25) is 5.02 Å². The number of nitrogens with one attached hydrogen (secondary N) is 1. The zero-order chi connectivity index (χ0) is 34.8. The lowest BCUT2D eigenvalue weighted by Gasteiger charge is -2.45. The van der Waals surface area contributed by atoms with Gasteiger partial charge in [-0.1, -0.05) is 69.0 Å². The molecule has 2 saturated carbocycles. The Bertz CT molecular complexity index is 1660. The molecule has 1 spiro atoms. The molecule has 266 valence electrons. The maximum Gasteiger partial charge on any atom is 0.264 e. The molecule has 6 atom stereocenters. The van der Waals surface area contributed by atoms with Gasteiger partial charge in [-0.05, 0) is 116 Å². The third-order valence-corrected chi connectivity index (χ3v) is 13.7. The zero-order valence-electron chi connectivity index (χ0n) is 29.1. The Morgan fingerprint density at radius 3 is 2.73 bits per heavy atom. The van der Waals surface area contributed by atoms with E-state index in [1.165, 1.54) is 11.1 Å². The van der Waals surface area contributed by atoms with Crippen LogP contribution < -0.4 is 14.4 Å². The van der Waals surface area contributed by atoms with Crippen molar-refractivity contribution in [1.82, 2.24) is 4.72 Å². The molecule has 7 nitrogen and oxygen atoms in total. The number of carbonyl (C=O) groups is 1. The van der Waals surface area contributed by atoms with Crippen LogP contribution in [-0.4, -0.2) is 50.5 Å². The number of hydrogen-bond acceptors (Lipinski definition) is 6. The molecular weight excluding hydrogens is 656 g/mol. The van der Waals surface area contributed by atoms with E-state index in [2.05, 4.69) is 41.3 Å². The second-order valence-electron chi connectivity index (χ2n) is 15.2. The summed E-state index contributed by atoms with van der Waals surface area (Å²) in [6.07, 6.45) is 15.4. The highest BCUT2D eigenvalue weighted by Gasteiger charge is 2.44. The Labute approximate surface area is 298 Å². The zero-order valence-corrected chi connectivity index (χ0v) is 30.7. The first-order chi connectivity index (χ1) is 23.5. The summed E-state index contributed by atoms with van der Waals surface area (Å²) in [6, 6.07) is 11.5. The molecule has 2 aromatic rings. The molecule has 0 saturated heterocycles. The first kappa shape index (κ1) is 36.0. The van der Waals surface area contributed by atoms with Crippen LogP contribution in [0.1, 0.15) is 99.5 Å². The number of allylic oxidation sites excluding steroid dienone is 2. The molecule has 1 heterocycles. The number of carbonyl (C=O) groups excluding carboxylic acids is 1. The average molecular weight is 709 g/mol. The molecule has 4 aliphatic rings. The number of sulfonamides is 1. The maximum atomic E-state index is 13.7. The minimum Gasteiger partial charge on any atom is -0.490 e. The molecule has 0 bridgehead atoms. The van der Waals surface area contributed by atoms with Crippen LogP contribution in [0.3, 0.4) is 0 Å². The second-order valence-corrected chi connectivity index (χ2v) is 17.5. The standard InChI is InChI=1S/C40H53ClN2O5S/c1-4-6-7-11-36(44)33-17-14-31(33)24-43-25-40(20-8-10-29-22-32(41)16-18-34(29)40)26-48-37-19-15-30(23-35(37)43)39(45)42-49(46,47)38(21-28-12-13-28)27(3)9-5-2/h5,7,11,15-16,18-19,22-23,27-28,31,33,36,38,44H,2,4,6,8-10,12-14,17,20-21,24-26H2,1,3H3,(H,42,45)/b11-7+/t27-,31-,33+,36-,38+,40-/m0/s1. The summed E-state index contributed by atoms with van der Waals surface area (Å²) < 4.78 is 36.5. The van der Waals surface area contributed by atoms with Crippen LogP contribution in [0.4, 0.5) is 5.69 Å². The number of aliphatic hydroxyl groups excluding tert-OH is 1. The van der Waals surface area contributed by atoms with Crippen molar-refractivity contribution in [3.63, 3.8) is 0 Å². The number of nitrogens with zero attached hydrogens (tertiary/aromatic N) is 1. The van der Waals surface area contributed by atoms with Crippen LogP contribution in [0.25, 0.3) is 0 Å². The van der Waals surface area contributed by atoms with Gasteiger partial charge in [0, 0.05) is 29.1 Å². The van der Waals surface area contributed by atoms with Crippen molar-refractivity contribution in [2.75, 3.05) is 24.6 Å². The van der Waals surface area contributed by atoms with Gasteiger partial charge in [-0.2, -0.15) is 0 Å². The molecule has 49 heavy (non-hydrogen) atoms. The lowest BCUT2D eigenvalue weighted by Crippen LogP contribution is -2.49. The van der Waals surface area contributed by atoms with Gasteiger partial charge in [-0.25, -0.2) is 13.1 Å². The van der Waals surface area contributed by atoms with Gasteiger partial charge in [0.15, 0.2) is 0 Å². The molecule has 0 radical (unpaired) electrons. The Morgan fingerprint density at radius 1 is 1.20 bits per heavy atom. The normalized spacial score (nSPS) is 25.3. The highest BCUT2D eigenvalue weighted by molar-refractivity contribution is 7.90. The number of unbranched alkanes of at least 4 members (excludes halogenated alkanes) is 1. The number of aliphatic hydroxyl groups is 1. The van der Waals surface area contributed by atoms with E-state index in [4.69, 9.17) is 16.3 Å². The molecule has 2 aromatic carbocycles. The number of hydrogen-bond donors (Lipinski definition) is 2. The molecule has 0 unspecified atom stereocenters. The fourth-order valence-corrected chi connectivity index (χ4v) is 10.4. The predicted octanol–water partition coefficient (Wildman–Crippen LogP) is 8.00. The Morgan fingerprint density at radius 2 is 2.02 bits per heavy atom. The maximum absolute atomic E-state index is 13.7. The van der Waals surface area contributed by atoms with Crippen molar-refractivity contribution in [2.45, 2.75) is 101 Å². The van der Waals surface area contributed by atoms with Gasteiger partial charge in [0.1, 0.15) is 5.75 Å². The smallest absolute Gasteiger partial charge is 0.264 e. The first-order valence-electron chi connectivity index (χ1n) is 18.4. The number of amides is 1. The number of benzene rings is 2. The van der Waals surface area contributed by atoms with E-state index in [-0.39, 0.29) is 28.7 Å². The number of halogens is 1. The largest absolute Gasteiger partial charge is 0.490 e. The highest BCUT2D eigenvalue weighted by atomic mass is 35.5. The third-order valence-electron chi connectivity index (χ3n) is 11.5. The number of ether oxygens (including phenoxy) is 1. The minimum atomic E-state index is -3.93. The van der Waals surface area contributed by atoms with Gasteiger partial charge in [0.2, 0.25) is 10.0 Å². The topological polar surface area (TPSA) is 95.9 Å². The third kappa shape index (κ3) is 8.07. The van der Waals surface area contributed by atoms with E-state index in [0.29, 0.717) is 44.2 Å². The average Bonchev–Trinajstić information content (AvgIpc) is 3.89. The van der Waals surface area contributed by atoms with Crippen LogP contribution in [0, 0.1) is 23.7 Å². The summed E-state index contributed by atoms with van der Waals surface area (Å²) in [7, 11) is -3.93. The first-order valence-corrected chi connectivity index (χ1v) is 20.3. The van der Waals surface area contributed by atoms with Crippen LogP contribution in [-0.2, 0) is 21.9 Å². The van der Waals surface area contributed by atoms with Crippen molar-refractivity contribution in [3.05, 3.63) is 82.9 Å². The van der Waals surface area contributed by atoms with Crippen LogP contribution in [0.5, 0.6) is 5.75 Å². The van der Waals surface area contributed by atoms with Crippen molar-refractivity contribution in [2.24, 2.45) is 23.7 Å². The summed E-state index contributed by atoms with van der Waals surface area (Å²) >= 11 is 6.44. The molecule has 1 amide bonds. The van der Waals surface area contributed by atoms with E-state index >= 15 is 0 Å². The van der Waals surface area contributed by atoms with E-state index in [0.717, 1.165) is 68.5 Å². The SMILES string of the molecule is C=CC[C@H](C)[C@@H](CC1CC1)S(=O)(=O)NC(=O)c1ccc2c(c1)N(C[C@@H]1CC[C@H]1[C@@H](O)/C=C/CCC)C[C@@]1(CCCc3cc(Cl)ccc31)CO2. The highest BCUT2D eigenvalue weighted by Crippen LogP contribution is 2.47. The van der Waals surface area contributed by atoms with Crippen LogP contribution >= 0.6 is 11.6 Å². The lowest BCUT2D eigenvalue weighted by molar-refractivity contribution is 0.0456. The molecule has 0 aromatic heterocycles. The monoisotopic (exact) mass is 708 g/mol. The van der Waals surface area contributed by atoms with Crippen molar-refractivity contribution >= 4 is 33.2 Å². The van der Waals surface area contributed by atoms with Gasteiger partial charge in [-0.15, -0.1) is 6.58 Å². The number of aryl methyl sites for hydroxylation is 1.